The highest BCUT2D eigenvalue weighted by Gasteiger charge is 2.21. The number of benzene rings is 2. The highest BCUT2D eigenvalue weighted by Crippen LogP contribution is 2.29. The van der Waals surface area contributed by atoms with Gasteiger partial charge in [-0.3, -0.25) is 9.59 Å². The molecule has 0 saturated carbocycles. The predicted molar refractivity (Wildman–Crippen MR) is 98.4 cm³/mol. The van der Waals surface area contributed by atoms with Crippen molar-refractivity contribution in [3.63, 3.8) is 0 Å². The number of anilines is 2. The monoisotopic (exact) mass is 387 g/mol. The van der Waals surface area contributed by atoms with Gasteiger partial charge in [-0.1, -0.05) is 28.1 Å². The Morgan fingerprint density at radius 1 is 1.25 bits per heavy atom. The molecular weight excluding hydrogens is 370 g/mol. The number of likely N-dealkylation sites (N-methyl/N-ethyl adjacent to an activating group) is 1. The van der Waals surface area contributed by atoms with Crippen molar-refractivity contribution in [3.05, 3.63) is 58.1 Å². The number of nitrogens with zero attached hydrogens (tertiary/aromatic N) is 1. The van der Waals surface area contributed by atoms with Crippen molar-refractivity contribution in [2.75, 3.05) is 23.8 Å². The van der Waals surface area contributed by atoms with Gasteiger partial charge in [0.2, 0.25) is 5.91 Å². The van der Waals surface area contributed by atoms with Crippen LogP contribution in [-0.4, -0.2) is 25.4 Å². The van der Waals surface area contributed by atoms with Crippen molar-refractivity contribution >= 4 is 39.1 Å². The summed E-state index contributed by atoms with van der Waals surface area (Å²) in [5.74, 6) is -0.249. The molecule has 2 amide bonds. The van der Waals surface area contributed by atoms with Gasteiger partial charge in [-0.25, -0.2) is 0 Å². The van der Waals surface area contributed by atoms with E-state index in [-0.39, 0.29) is 17.9 Å². The molecular formula is C18H18BrN3O2. The molecule has 124 valence electrons. The van der Waals surface area contributed by atoms with Crippen LogP contribution in [0.5, 0.6) is 0 Å². The Morgan fingerprint density at radius 2 is 1.96 bits per heavy atom. The van der Waals surface area contributed by atoms with Gasteiger partial charge < -0.3 is 15.5 Å². The predicted octanol–water partition coefficient (Wildman–Crippen LogP) is 3.33. The molecule has 0 spiro atoms. The van der Waals surface area contributed by atoms with Crippen LogP contribution in [0.4, 0.5) is 11.4 Å². The average Bonchev–Trinajstić information content (AvgIpc) is 2.54. The van der Waals surface area contributed by atoms with Crippen molar-refractivity contribution in [3.8, 4) is 0 Å². The van der Waals surface area contributed by atoms with E-state index in [1.165, 1.54) is 0 Å². The molecule has 0 aliphatic carbocycles. The largest absolute Gasteiger partial charge is 0.364 e. The maximum atomic E-state index is 12.5. The van der Waals surface area contributed by atoms with Crippen LogP contribution >= 0.6 is 15.9 Å². The highest BCUT2D eigenvalue weighted by atomic mass is 79.9. The van der Waals surface area contributed by atoms with E-state index >= 15 is 0 Å². The summed E-state index contributed by atoms with van der Waals surface area (Å²) in [5.41, 5.74) is 3.12. The number of carbonyl (C=O) groups excluding carboxylic acids is 2. The summed E-state index contributed by atoms with van der Waals surface area (Å²) in [4.78, 5) is 26.0. The fourth-order valence-corrected chi connectivity index (χ4v) is 2.98. The van der Waals surface area contributed by atoms with E-state index in [1.807, 2.05) is 49.2 Å². The molecule has 24 heavy (non-hydrogen) atoms. The lowest BCUT2D eigenvalue weighted by atomic mass is 10.1. The first-order chi connectivity index (χ1) is 11.4. The lowest BCUT2D eigenvalue weighted by Gasteiger charge is -2.27. The summed E-state index contributed by atoms with van der Waals surface area (Å²) >= 11 is 3.40. The smallest absolute Gasteiger partial charge is 0.251 e. The number of fused-ring (bicyclic) bond motifs is 1. The van der Waals surface area contributed by atoms with E-state index < -0.39 is 0 Å². The normalized spacial score (nSPS) is 14.6. The van der Waals surface area contributed by atoms with E-state index in [2.05, 4.69) is 26.6 Å². The van der Waals surface area contributed by atoms with Gasteiger partial charge in [-0.15, -0.1) is 0 Å². The summed E-state index contributed by atoms with van der Waals surface area (Å²) < 4.78 is 0.999. The summed E-state index contributed by atoms with van der Waals surface area (Å²) in [6, 6.07) is 13.1. The first kappa shape index (κ1) is 16.5. The Labute approximate surface area is 149 Å². The van der Waals surface area contributed by atoms with Gasteiger partial charge in [-0.05, 0) is 42.8 Å². The molecule has 2 aromatic carbocycles. The van der Waals surface area contributed by atoms with Crippen LogP contribution in [0.1, 0.15) is 28.9 Å². The molecule has 0 fully saturated rings. The minimum Gasteiger partial charge on any atom is -0.364 e. The van der Waals surface area contributed by atoms with Crippen molar-refractivity contribution in [1.82, 2.24) is 5.32 Å². The van der Waals surface area contributed by atoms with Gasteiger partial charge in [0, 0.05) is 17.1 Å². The summed E-state index contributed by atoms with van der Waals surface area (Å²) in [6.07, 6.45) is 0. The molecule has 6 heteroatoms. The Balaban J connectivity index is 1.77. The summed E-state index contributed by atoms with van der Waals surface area (Å²) in [5, 5.41) is 5.79. The molecule has 2 aromatic rings. The molecule has 1 unspecified atom stereocenters. The highest BCUT2D eigenvalue weighted by molar-refractivity contribution is 9.10. The average molecular weight is 388 g/mol. The standard InChI is InChI=1S/C18H18BrN3O2/c1-11(12-3-6-14(19)7-4-12)20-18(24)13-5-8-16-15(9-13)21-17(23)10-22(16)2/h3-9,11H,10H2,1-2H3,(H,20,24)(H,21,23). The maximum absolute atomic E-state index is 12.5. The fraction of sp³-hybridized carbons (Fsp3) is 0.222. The second-order valence-corrected chi connectivity index (χ2v) is 6.80. The third kappa shape index (κ3) is 3.43. The van der Waals surface area contributed by atoms with Crippen LogP contribution in [-0.2, 0) is 4.79 Å². The molecule has 1 atom stereocenters. The number of nitrogens with one attached hydrogen (secondary N) is 2. The quantitative estimate of drug-likeness (QED) is 0.848. The number of hydrogen-bond donors (Lipinski definition) is 2. The molecule has 0 radical (unpaired) electrons. The zero-order valence-corrected chi connectivity index (χ0v) is 15.1. The summed E-state index contributed by atoms with van der Waals surface area (Å²) in [6.45, 7) is 2.26. The lowest BCUT2D eigenvalue weighted by molar-refractivity contribution is -0.115. The zero-order valence-electron chi connectivity index (χ0n) is 13.5. The number of hydrogen-bond acceptors (Lipinski definition) is 3. The molecule has 0 bridgehead atoms. The summed E-state index contributed by atoms with van der Waals surface area (Å²) in [7, 11) is 1.85. The van der Waals surface area contributed by atoms with Crippen molar-refractivity contribution < 1.29 is 9.59 Å². The van der Waals surface area contributed by atoms with Gasteiger partial charge in [0.15, 0.2) is 0 Å². The minimum absolute atomic E-state index is 0.0780. The maximum Gasteiger partial charge on any atom is 0.251 e. The Morgan fingerprint density at radius 3 is 2.67 bits per heavy atom. The Hall–Kier alpha value is -2.34. The van der Waals surface area contributed by atoms with Gasteiger partial charge in [0.25, 0.3) is 5.91 Å². The Bertz CT molecular complexity index is 789. The zero-order chi connectivity index (χ0) is 17.3. The Kier molecular flexibility index (Phi) is 4.57. The molecule has 0 aromatic heterocycles. The first-order valence-corrected chi connectivity index (χ1v) is 8.44. The topological polar surface area (TPSA) is 61.4 Å². The number of carbonyl (C=O) groups is 2. The fourth-order valence-electron chi connectivity index (χ4n) is 2.72. The second kappa shape index (κ2) is 6.65. The molecule has 2 N–H and O–H groups in total. The third-order valence-electron chi connectivity index (χ3n) is 4.04. The van der Waals surface area contributed by atoms with Gasteiger partial charge in [0.05, 0.1) is 24.0 Å². The van der Waals surface area contributed by atoms with Crippen LogP contribution in [0.2, 0.25) is 0 Å². The third-order valence-corrected chi connectivity index (χ3v) is 4.57. The van der Waals surface area contributed by atoms with E-state index in [9.17, 15) is 9.59 Å². The molecule has 5 nitrogen and oxygen atoms in total. The van der Waals surface area contributed by atoms with Crippen LogP contribution in [0.15, 0.2) is 46.9 Å². The van der Waals surface area contributed by atoms with E-state index in [0.29, 0.717) is 17.8 Å². The van der Waals surface area contributed by atoms with Crippen LogP contribution < -0.4 is 15.5 Å². The van der Waals surface area contributed by atoms with Crippen LogP contribution in [0, 0.1) is 0 Å². The number of amides is 2. The van der Waals surface area contributed by atoms with Gasteiger partial charge in [-0.2, -0.15) is 0 Å². The van der Waals surface area contributed by atoms with E-state index in [0.717, 1.165) is 15.7 Å². The molecule has 0 saturated heterocycles. The van der Waals surface area contributed by atoms with E-state index in [1.54, 1.807) is 12.1 Å². The SMILES string of the molecule is CC(NC(=O)c1ccc2c(c1)NC(=O)CN2C)c1ccc(Br)cc1. The van der Waals surface area contributed by atoms with Crippen molar-refractivity contribution in [2.24, 2.45) is 0 Å². The second-order valence-electron chi connectivity index (χ2n) is 5.88. The first-order valence-electron chi connectivity index (χ1n) is 7.65. The van der Waals surface area contributed by atoms with Gasteiger partial charge >= 0.3 is 0 Å². The van der Waals surface area contributed by atoms with Crippen LogP contribution in [0.25, 0.3) is 0 Å². The molecule has 1 heterocycles. The van der Waals surface area contributed by atoms with E-state index in [4.69, 9.17) is 0 Å². The molecule has 3 rings (SSSR count). The van der Waals surface area contributed by atoms with Gasteiger partial charge in [0.1, 0.15) is 0 Å². The number of halogens is 1. The number of rotatable bonds is 3. The lowest BCUT2D eigenvalue weighted by Crippen LogP contribution is -2.35. The molecule has 1 aliphatic heterocycles. The van der Waals surface area contributed by atoms with Crippen LogP contribution in [0.3, 0.4) is 0 Å². The van der Waals surface area contributed by atoms with Crippen molar-refractivity contribution in [2.45, 2.75) is 13.0 Å². The van der Waals surface area contributed by atoms with Crippen molar-refractivity contribution in [1.29, 1.82) is 0 Å². The molecule has 1 aliphatic rings. The minimum atomic E-state index is -0.171.